The van der Waals surface area contributed by atoms with Gasteiger partial charge in [-0.1, -0.05) is 6.08 Å². The fraction of sp³-hybridized carbons (Fsp3) is 0.333. The van der Waals surface area contributed by atoms with E-state index in [0.29, 0.717) is 4.91 Å². The second-order valence-corrected chi connectivity index (χ2v) is 3.09. The largest absolute Gasteiger partial charge is 0.324 e. The Morgan fingerprint density at radius 3 is 2.90 bits per heavy atom. The van der Waals surface area contributed by atoms with Crippen LogP contribution in [0, 0.1) is 0 Å². The maximum atomic E-state index is 10.4. The van der Waals surface area contributed by atoms with Gasteiger partial charge in [-0.2, -0.15) is 0 Å². The molecule has 0 bridgehead atoms. The topological polar surface area (TPSA) is 63.3 Å². The maximum absolute atomic E-state index is 10.4. The first-order valence-corrected chi connectivity index (χ1v) is 4.05. The number of hydrogen-bond donors (Lipinski definition) is 2. The number of nitrogens with two attached hydrogens (primary N) is 1. The lowest BCUT2D eigenvalue weighted by Gasteiger charge is -2.08. The van der Waals surface area contributed by atoms with Crippen molar-refractivity contribution in [3.63, 3.8) is 0 Å². The van der Waals surface area contributed by atoms with Crippen LogP contribution < -0.4 is 5.73 Å². The molecule has 0 amide bonds. The predicted molar refractivity (Wildman–Crippen MR) is 40.6 cm³/mol. The van der Waals surface area contributed by atoms with E-state index in [0.717, 1.165) is 6.42 Å². The third kappa shape index (κ3) is 1.76. The molecule has 3 N–H and O–H groups in total. The van der Waals surface area contributed by atoms with Crippen molar-refractivity contribution in [3.05, 3.63) is 23.1 Å². The van der Waals surface area contributed by atoms with Gasteiger partial charge in [-0.3, -0.25) is 0 Å². The Morgan fingerprint density at radius 1 is 1.80 bits per heavy atom. The molecule has 1 aliphatic rings. The third-order valence-electron chi connectivity index (χ3n) is 1.27. The predicted octanol–water partition coefficient (Wildman–Crippen LogP) is 0.379. The second kappa shape index (κ2) is 3.09. The van der Waals surface area contributed by atoms with E-state index in [9.17, 15) is 4.21 Å². The van der Waals surface area contributed by atoms with E-state index < -0.39 is 11.1 Å². The van der Waals surface area contributed by atoms with Crippen LogP contribution in [0.5, 0.6) is 0 Å². The lowest BCUT2D eigenvalue weighted by molar-refractivity contribution is 0.571. The summed E-state index contributed by atoms with van der Waals surface area (Å²) in [6.45, 7) is 0. The van der Waals surface area contributed by atoms with Gasteiger partial charge in [-0.25, -0.2) is 4.21 Å². The lowest BCUT2D eigenvalue weighted by Crippen LogP contribution is -2.18. The summed E-state index contributed by atoms with van der Waals surface area (Å²) < 4.78 is 19.0. The van der Waals surface area contributed by atoms with E-state index in [1.807, 2.05) is 0 Å². The monoisotopic (exact) mass is 159 g/mol. The summed E-state index contributed by atoms with van der Waals surface area (Å²) in [6, 6.07) is -0.101. The molecule has 2 atom stereocenters. The molecule has 0 saturated carbocycles. The Labute approximate surface area is 61.9 Å². The van der Waals surface area contributed by atoms with Crippen LogP contribution in [0.2, 0.25) is 0 Å². The molecular formula is C6H9NO2S. The zero-order valence-corrected chi connectivity index (χ0v) is 6.17. The van der Waals surface area contributed by atoms with E-state index in [1.54, 1.807) is 18.2 Å². The van der Waals surface area contributed by atoms with Crippen molar-refractivity contribution < 1.29 is 8.76 Å². The van der Waals surface area contributed by atoms with Crippen LogP contribution in [0.25, 0.3) is 0 Å². The molecule has 0 fully saturated rings. The van der Waals surface area contributed by atoms with Crippen molar-refractivity contribution >= 4 is 11.1 Å². The summed E-state index contributed by atoms with van der Waals surface area (Å²) in [5.74, 6) is 0. The van der Waals surface area contributed by atoms with Gasteiger partial charge in [0.25, 0.3) is 0 Å². The molecule has 3 nitrogen and oxygen atoms in total. The minimum absolute atomic E-state index is 0.101. The van der Waals surface area contributed by atoms with Crippen molar-refractivity contribution in [2.45, 2.75) is 12.5 Å². The summed E-state index contributed by atoms with van der Waals surface area (Å²) in [7, 11) is 0. The molecule has 0 aromatic heterocycles. The SMILES string of the molecule is NC1C=C(S(=O)O)C=CC1. The van der Waals surface area contributed by atoms with E-state index >= 15 is 0 Å². The standard InChI is InChI=1S/C6H9NO2S/c7-5-2-1-3-6(4-5)10(8)9/h1,3-5H,2,7H2,(H,8,9). The molecule has 1 aliphatic carbocycles. The zero-order chi connectivity index (χ0) is 7.56. The van der Waals surface area contributed by atoms with Gasteiger partial charge in [0, 0.05) is 6.04 Å². The van der Waals surface area contributed by atoms with Gasteiger partial charge < -0.3 is 10.3 Å². The Morgan fingerprint density at radius 2 is 2.50 bits per heavy atom. The summed E-state index contributed by atoms with van der Waals surface area (Å²) in [5, 5.41) is 0. The van der Waals surface area contributed by atoms with Crippen molar-refractivity contribution in [2.75, 3.05) is 0 Å². The number of allylic oxidation sites excluding steroid dienone is 1. The molecular weight excluding hydrogens is 150 g/mol. The Balaban J connectivity index is 2.76. The van der Waals surface area contributed by atoms with Crippen molar-refractivity contribution in [3.8, 4) is 0 Å². The van der Waals surface area contributed by atoms with Crippen LogP contribution in [0.3, 0.4) is 0 Å². The molecule has 0 saturated heterocycles. The van der Waals surface area contributed by atoms with Gasteiger partial charge in [-0.15, -0.1) is 0 Å². The van der Waals surface area contributed by atoms with Gasteiger partial charge in [0.15, 0.2) is 11.1 Å². The summed E-state index contributed by atoms with van der Waals surface area (Å²) in [4.78, 5) is 0.402. The van der Waals surface area contributed by atoms with Crippen molar-refractivity contribution in [1.29, 1.82) is 0 Å². The summed E-state index contributed by atoms with van der Waals surface area (Å²) >= 11 is -1.88. The molecule has 2 unspecified atom stereocenters. The van der Waals surface area contributed by atoms with E-state index in [1.165, 1.54) is 0 Å². The number of hydrogen-bond acceptors (Lipinski definition) is 2. The maximum Gasteiger partial charge on any atom is 0.186 e. The van der Waals surface area contributed by atoms with Crippen LogP contribution in [0.1, 0.15) is 6.42 Å². The smallest absolute Gasteiger partial charge is 0.186 e. The van der Waals surface area contributed by atoms with Crippen molar-refractivity contribution in [1.82, 2.24) is 0 Å². The highest BCUT2D eigenvalue weighted by atomic mass is 32.2. The third-order valence-corrected chi connectivity index (χ3v) is 1.95. The molecule has 0 radical (unpaired) electrons. The average molecular weight is 159 g/mol. The van der Waals surface area contributed by atoms with Crippen LogP contribution in [-0.2, 0) is 11.1 Å². The van der Waals surface area contributed by atoms with Gasteiger partial charge in [0.2, 0.25) is 0 Å². The second-order valence-electron chi connectivity index (χ2n) is 2.12. The molecule has 0 aromatic carbocycles. The van der Waals surface area contributed by atoms with E-state index in [4.69, 9.17) is 10.3 Å². The highest BCUT2D eigenvalue weighted by Crippen LogP contribution is 2.10. The summed E-state index contributed by atoms with van der Waals surface area (Å²) in [5.41, 5.74) is 5.49. The zero-order valence-electron chi connectivity index (χ0n) is 5.36. The quantitative estimate of drug-likeness (QED) is 0.544. The summed E-state index contributed by atoms with van der Waals surface area (Å²) in [6.07, 6.45) is 5.78. The van der Waals surface area contributed by atoms with E-state index in [2.05, 4.69) is 0 Å². The molecule has 10 heavy (non-hydrogen) atoms. The van der Waals surface area contributed by atoms with Crippen molar-refractivity contribution in [2.24, 2.45) is 5.73 Å². The van der Waals surface area contributed by atoms with Crippen LogP contribution in [0.4, 0.5) is 0 Å². The first kappa shape index (κ1) is 7.65. The number of rotatable bonds is 1. The first-order valence-electron chi connectivity index (χ1n) is 2.95. The Hall–Kier alpha value is -0.450. The highest BCUT2D eigenvalue weighted by Gasteiger charge is 2.07. The fourth-order valence-electron chi connectivity index (χ4n) is 0.792. The minimum atomic E-state index is -1.88. The molecule has 4 heteroatoms. The van der Waals surface area contributed by atoms with Gasteiger partial charge in [0.1, 0.15) is 0 Å². The highest BCUT2D eigenvalue weighted by molar-refractivity contribution is 7.83. The Kier molecular flexibility index (Phi) is 2.37. The van der Waals surface area contributed by atoms with Gasteiger partial charge in [-0.05, 0) is 18.6 Å². The van der Waals surface area contributed by atoms with Gasteiger partial charge >= 0.3 is 0 Å². The molecule has 1 rings (SSSR count). The normalized spacial score (nSPS) is 27.8. The van der Waals surface area contributed by atoms with Crippen LogP contribution in [0.15, 0.2) is 23.1 Å². The average Bonchev–Trinajstić information content (AvgIpc) is 1.88. The first-order chi connectivity index (χ1) is 4.70. The molecule has 0 heterocycles. The lowest BCUT2D eigenvalue weighted by atomic mass is 10.1. The van der Waals surface area contributed by atoms with E-state index in [-0.39, 0.29) is 6.04 Å². The molecule has 56 valence electrons. The van der Waals surface area contributed by atoms with Crippen LogP contribution >= 0.6 is 0 Å². The Bertz CT molecular complexity index is 210. The molecule has 0 spiro atoms. The van der Waals surface area contributed by atoms with Crippen LogP contribution in [-0.4, -0.2) is 14.8 Å². The molecule has 0 aliphatic heterocycles. The molecule has 0 aromatic rings. The fourth-order valence-corrected chi connectivity index (χ4v) is 1.30. The minimum Gasteiger partial charge on any atom is -0.324 e. The van der Waals surface area contributed by atoms with Gasteiger partial charge in [0.05, 0.1) is 4.91 Å².